The number of thioether (sulfide) groups is 1. The minimum Gasteiger partial charge on any atom is -0.395 e. The van der Waals surface area contributed by atoms with E-state index in [9.17, 15) is 19.5 Å². The van der Waals surface area contributed by atoms with Gasteiger partial charge in [0.2, 0.25) is 17.7 Å². The molecule has 3 heterocycles. The zero-order valence-electron chi connectivity index (χ0n) is 15.9. The van der Waals surface area contributed by atoms with Crippen molar-refractivity contribution in [2.75, 3.05) is 19.7 Å². The number of hydrogen-bond donors (Lipinski definition) is 3. The van der Waals surface area contributed by atoms with Crippen molar-refractivity contribution in [2.45, 2.75) is 60.5 Å². The molecule has 3 aliphatic heterocycles. The van der Waals surface area contributed by atoms with Gasteiger partial charge >= 0.3 is 0 Å². The van der Waals surface area contributed by atoms with E-state index in [0.29, 0.717) is 13.0 Å². The summed E-state index contributed by atoms with van der Waals surface area (Å²) in [5, 5.41) is 15.3. The summed E-state index contributed by atoms with van der Waals surface area (Å²) in [5.74, 6) is -1.46. The Morgan fingerprint density at radius 1 is 1.41 bits per heavy atom. The SMILES string of the molecule is CCCNC(=O)[C@H]1[C@@H]2SC3(CC2Br)C(C(=O)NC(C)C)N(CCO)C(=O)[C@H]13. The number of amides is 3. The van der Waals surface area contributed by atoms with Gasteiger partial charge < -0.3 is 20.6 Å². The lowest BCUT2D eigenvalue weighted by molar-refractivity contribution is -0.140. The molecule has 3 N–H and O–H groups in total. The summed E-state index contributed by atoms with van der Waals surface area (Å²) in [6, 6.07) is -0.713. The Kier molecular flexibility index (Phi) is 6.13. The van der Waals surface area contributed by atoms with Crippen molar-refractivity contribution in [1.82, 2.24) is 15.5 Å². The fraction of sp³-hybridized carbons (Fsp3) is 0.833. The van der Waals surface area contributed by atoms with E-state index in [0.717, 1.165) is 6.42 Å². The first kappa shape index (κ1) is 20.9. The lowest BCUT2D eigenvalue weighted by Crippen LogP contribution is -2.56. The second-order valence-electron chi connectivity index (χ2n) is 7.87. The summed E-state index contributed by atoms with van der Waals surface area (Å²) < 4.78 is -0.627. The molecule has 0 saturated carbocycles. The third-order valence-corrected chi connectivity index (χ3v) is 8.88. The van der Waals surface area contributed by atoms with Gasteiger partial charge in [0.1, 0.15) is 6.04 Å². The Bertz CT molecular complexity index is 634. The highest BCUT2D eigenvalue weighted by Gasteiger charge is 2.75. The van der Waals surface area contributed by atoms with Gasteiger partial charge in [-0.15, -0.1) is 11.8 Å². The quantitative estimate of drug-likeness (QED) is 0.479. The van der Waals surface area contributed by atoms with Gasteiger partial charge in [-0.1, -0.05) is 22.9 Å². The molecule has 7 nitrogen and oxygen atoms in total. The van der Waals surface area contributed by atoms with Crippen molar-refractivity contribution in [1.29, 1.82) is 0 Å². The number of aliphatic hydroxyl groups is 1. The van der Waals surface area contributed by atoms with Crippen LogP contribution in [0, 0.1) is 11.8 Å². The number of carbonyl (C=O) groups excluding carboxylic acids is 3. The van der Waals surface area contributed by atoms with Crippen molar-refractivity contribution in [3.63, 3.8) is 0 Å². The smallest absolute Gasteiger partial charge is 0.244 e. The minimum absolute atomic E-state index is 0.0265. The molecule has 152 valence electrons. The Balaban J connectivity index is 1.98. The van der Waals surface area contributed by atoms with E-state index in [4.69, 9.17) is 0 Å². The molecular weight excluding hydrogens is 434 g/mol. The summed E-state index contributed by atoms with van der Waals surface area (Å²) in [4.78, 5) is 40.8. The number of hydrogen-bond acceptors (Lipinski definition) is 5. The lowest BCUT2D eigenvalue weighted by atomic mass is 9.70. The summed E-state index contributed by atoms with van der Waals surface area (Å²) in [7, 11) is 0. The maximum atomic E-state index is 13.3. The highest BCUT2D eigenvalue weighted by Crippen LogP contribution is 2.67. The second kappa shape index (κ2) is 7.91. The van der Waals surface area contributed by atoms with Crippen molar-refractivity contribution in [3.05, 3.63) is 0 Å². The molecule has 0 aromatic rings. The molecule has 3 amide bonds. The lowest BCUT2D eigenvalue weighted by Gasteiger charge is -2.35. The van der Waals surface area contributed by atoms with Gasteiger partial charge in [0.25, 0.3) is 0 Å². The highest BCUT2D eigenvalue weighted by molar-refractivity contribution is 9.09. The van der Waals surface area contributed by atoms with Crippen LogP contribution in [-0.2, 0) is 14.4 Å². The predicted octanol–water partition coefficient (Wildman–Crippen LogP) is 0.494. The average Bonchev–Trinajstić information content (AvgIpc) is 3.17. The maximum Gasteiger partial charge on any atom is 0.244 e. The third-order valence-electron chi connectivity index (χ3n) is 5.66. The topological polar surface area (TPSA) is 98.7 Å². The van der Waals surface area contributed by atoms with Crippen molar-refractivity contribution in [2.24, 2.45) is 11.8 Å². The molecular formula is C18H28BrN3O4S. The molecule has 27 heavy (non-hydrogen) atoms. The molecule has 0 aliphatic carbocycles. The number of likely N-dealkylation sites (tertiary alicyclic amines) is 1. The van der Waals surface area contributed by atoms with Crippen LogP contribution in [0.3, 0.4) is 0 Å². The summed E-state index contributed by atoms with van der Waals surface area (Å²) in [6.45, 7) is 6.22. The van der Waals surface area contributed by atoms with Crippen molar-refractivity contribution >= 4 is 45.4 Å². The van der Waals surface area contributed by atoms with Gasteiger partial charge in [0.15, 0.2) is 0 Å². The van der Waals surface area contributed by atoms with Crippen LogP contribution in [0.4, 0.5) is 0 Å². The van der Waals surface area contributed by atoms with Crippen molar-refractivity contribution in [3.8, 4) is 0 Å². The zero-order chi connectivity index (χ0) is 19.9. The number of carbonyl (C=O) groups is 3. The second-order valence-corrected chi connectivity index (χ2v) is 10.6. The largest absolute Gasteiger partial charge is 0.395 e. The Morgan fingerprint density at radius 3 is 2.70 bits per heavy atom. The number of fused-ring (bicyclic) bond motifs is 1. The number of aliphatic hydroxyl groups excluding tert-OH is 1. The van der Waals surface area contributed by atoms with Crippen LogP contribution >= 0.6 is 27.7 Å². The van der Waals surface area contributed by atoms with Crippen LogP contribution in [0.1, 0.15) is 33.6 Å². The van der Waals surface area contributed by atoms with Crippen LogP contribution in [0.5, 0.6) is 0 Å². The maximum absolute atomic E-state index is 13.3. The van der Waals surface area contributed by atoms with E-state index in [1.54, 1.807) is 11.8 Å². The van der Waals surface area contributed by atoms with Gasteiger partial charge in [-0.2, -0.15) is 0 Å². The first-order chi connectivity index (χ1) is 12.8. The number of alkyl halides is 1. The fourth-order valence-electron chi connectivity index (χ4n) is 4.81. The predicted molar refractivity (Wildman–Crippen MR) is 108 cm³/mol. The van der Waals surface area contributed by atoms with Gasteiger partial charge in [-0.05, 0) is 26.7 Å². The standard InChI is InChI=1S/C18H28BrN3O4S/c1-4-5-20-15(24)11-12-17(26)22(6-7-23)14(16(25)21-9(2)3)18(12)8-10(19)13(11)27-18/h9-14,23H,4-8H2,1-3H3,(H,20,24)(H,21,25)/t10?,11-,12+,13-,14?,18?/m1/s1. The molecule has 9 heteroatoms. The molecule has 6 atom stereocenters. The Labute approximate surface area is 172 Å². The van der Waals surface area contributed by atoms with E-state index in [2.05, 4.69) is 26.6 Å². The van der Waals surface area contributed by atoms with E-state index < -0.39 is 22.6 Å². The molecule has 3 unspecified atom stereocenters. The summed E-state index contributed by atoms with van der Waals surface area (Å²) in [5.41, 5.74) is 0. The molecule has 3 fully saturated rings. The van der Waals surface area contributed by atoms with Gasteiger partial charge in [-0.25, -0.2) is 0 Å². The van der Waals surface area contributed by atoms with Crippen LogP contribution in [0.2, 0.25) is 0 Å². The van der Waals surface area contributed by atoms with Gasteiger partial charge in [0.05, 0.1) is 23.2 Å². The van der Waals surface area contributed by atoms with Crippen LogP contribution < -0.4 is 10.6 Å². The van der Waals surface area contributed by atoms with E-state index in [1.165, 1.54) is 4.90 Å². The average molecular weight is 462 g/mol. The molecule has 0 aromatic carbocycles. The zero-order valence-corrected chi connectivity index (χ0v) is 18.3. The normalized spacial score (nSPS) is 37.0. The Hall–Kier alpha value is -0.800. The third kappa shape index (κ3) is 3.29. The number of nitrogens with zero attached hydrogens (tertiary/aromatic N) is 1. The monoisotopic (exact) mass is 461 g/mol. The first-order valence-electron chi connectivity index (χ1n) is 9.59. The number of rotatable bonds is 7. The molecule has 3 rings (SSSR count). The summed E-state index contributed by atoms with van der Waals surface area (Å²) >= 11 is 5.31. The minimum atomic E-state index is -0.663. The van der Waals surface area contributed by atoms with E-state index >= 15 is 0 Å². The fourth-order valence-corrected chi connectivity index (χ4v) is 8.42. The van der Waals surface area contributed by atoms with Crippen LogP contribution in [-0.4, -0.2) is 74.3 Å². The molecule has 2 bridgehead atoms. The molecule has 0 radical (unpaired) electrons. The van der Waals surface area contributed by atoms with Gasteiger partial charge in [0, 0.05) is 29.2 Å². The molecule has 0 aromatic heterocycles. The Morgan fingerprint density at radius 2 is 2.11 bits per heavy atom. The summed E-state index contributed by atoms with van der Waals surface area (Å²) in [6.07, 6.45) is 1.49. The van der Waals surface area contributed by atoms with Crippen molar-refractivity contribution < 1.29 is 19.5 Å². The molecule has 3 saturated heterocycles. The number of β-amino-alcohol motifs (C(OH)–C–C–N with tert-alkyl or cyclic N) is 1. The van der Waals surface area contributed by atoms with Gasteiger partial charge in [-0.3, -0.25) is 14.4 Å². The highest BCUT2D eigenvalue weighted by atomic mass is 79.9. The number of nitrogens with one attached hydrogen (secondary N) is 2. The van der Waals surface area contributed by atoms with Crippen LogP contribution in [0.15, 0.2) is 0 Å². The molecule has 3 aliphatic rings. The van der Waals surface area contributed by atoms with E-state index in [1.807, 2.05) is 20.8 Å². The first-order valence-corrected chi connectivity index (χ1v) is 11.4. The molecule has 1 spiro atoms. The van der Waals surface area contributed by atoms with E-state index in [-0.39, 0.29) is 47.0 Å². The number of halogens is 1. The van der Waals surface area contributed by atoms with Crippen LogP contribution in [0.25, 0.3) is 0 Å².